The quantitative estimate of drug-likeness (QED) is 0.173. The van der Waals surface area contributed by atoms with Gasteiger partial charge < -0.3 is 9.97 Å². The van der Waals surface area contributed by atoms with E-state index in [4.69, 9.17) is 9.97 Å². The van der Waals surface area contributed by atoms with Crippen molar-refractivity contribution in [1.29, 1.82) is 0 Å². The Balaban J connectivity index is 1.42. The van der Waals surface area contributed by atoms with Crippen LogP contribution in [0, 0.1) is 0 Å². The highest BCUT2D eigenvalue weighted by atomic mass is 19.4. The molecule has 0 unspecified atom stereocenters. The predicted molar refractivity (Wildman–Crippen MR) is 221 cm³/mol. The van der Waals surface area contributed by atoms with E-state index in [0.717, 1.165) is 48.5 Å². The first kappa shape index (κ1) is 42.0. The molecule has 0 amide bonds. The first-order chi connectivity index (χ1) is 30.2. The average molecular weight is 887 g/mol. The molecule has 4 nitrogen and oxygen atoms in total. The minimum absolute atomic E-state index is 0.230. The lowest BCUT2D eigenvalue weighted by molar-refractivity contribution is -0.138. The number of rotatable bonds is 4. The highest BCUT2D eigenvalue weighted by Crippen LogP contribution is 2.41. The molecule has 0 saturated carbocycles. The van der Waals surface area contributed by atoms with Gasteiger partial charge in [-0.05, 0) is 119 Å². The Morgan fingerprint density at radius 2 is 0.453 bits per heavy atom. The summed E-state index contributed by atoms with van der Waals surface area (Å²) in [5, 5.41) is 0. The minimum Gasteiger partial charge on any atom is -0.354 e. The molecule has 8 bridgehead atoms. The highest BCUT2D eigenvalue weighted by molar-refractivity contribution is 5.99. The number of hydrogen-bond donors (Lipinski definition) is 2. The first-order valence-corrected chi connectivity index (χ1v) is 19.1. The first-order valence-electron chi connectivity index (χ1n) is 19.1. The van der Waals surface area contributed by atoms with E-state index in [1.165, 1.54) is 48.5 Å². The summed E-state index contributed by atoms with van der Waals surface area (Å²) in [4.78, 5) is 16.3. The smallest absolute Gasteiger partial charge is 0.354 e. The van der Waals surface area contributed by atoms with E-state index in [1.54, 1.807) is 48.6 Å². The monoisotopic (exact) mass is 886 g/mol. The molecule has 0 radical (unpaired) electrons. The number of benzene rings is 4. The van der Waals surface area contributed by atoms with Crippen molar-refractivity contribution in [3.8, 4) is 44.5 Å². The van der Waals surface area contributed by atoms with Crippen LogP contribution in [0.25, 0.3) is 90.9 Å². The lowest BCUT2D eigenvalue weighted by Crippen LogP contribution is -2.04. The van der Waals surface area contributed by atoms with Crippen molar-refractivity contribution >= 4 is 46.4 Å². The molecule has 7 aromatic rings. The number of nitrogens with one attached hydrogen (secondary N) is 2. The molecule has 0 aliphatic carbocycles. The molecule has 322 valence electrons. The van der Waals surface area contributed by atoms with Gasteiger partial charge in [0.25, 0.3) is 0 Å². The van der Waals surface area contributed by atoms with Crippen molar-refractivity contribution in [3.05, 3.63) is 166 Å². The van der Waals surface area contributed by atoms with Gasteiger partial charge in [-0.25, -0.2) is 9.97 Å². The normalized spacial score (nSPS) is 13.2. The van der Waals surface area contributed by atoms with Gasteiger partial charge in [-0.2, -0.15) is 52.7 Å². The lowest BCUT2D eigenvalue weighted by Gasteiger charge is -2.10. The standard InChI is InChI=1S/C48H26F12N4/c49-45(50,51)29-9-1-25(2-10-29)41-33-17-19-35(61-33)42(26-3-11-30(12-4-26)46(52,53)54)37-21-23-39(63-37)44(28-7-15-32(16-8-28)48(58,59)60)40-24-22-38(64-40)43(36-20-18-34(41)62-36)27-5-13-31(14-6-27)47(55,56)57/h1-24,61,64H. The summed E-state index contributed by atoms with van der Waals surface area (Å²) in [7, 11) is 0. The summed E-state index contributed by atoms with van der Waals surface area (Å²) < 4.78 is 165. The zero-order valence-corrected chi connectivity index (χ0v) is 32.3. The minimum atomic E-state index is -4.66. The van der Waals surface area contributed by atoms with Crippen LogP contribution in [0.3, 0.4) is 0 Å². The molecule has 0 atom stereocenters. The Hall–Kier alpha value is -7.36. The van der Waals surface area contributed by atoms with Crippen molar-refractivity contribution < 1.29 is 52.7 Å². The third-order valence-corrected chi connectivity index (χ3v) is 10.8. The fourth-order valence-electron chi connectivity index (χ4n) is 7.72. The Morgan fingerprint density at radius 3 is 0.625 bits per heavy atom. The molecular weight excluding hydrogens is 861 g/mol. The van der Waals surface area contributed by atoms with Crippen molar-refractivity contribution in [2.24, 2.45) is 0 Å². The number of halogens is 12. The summed E-state index contributed by atoms with van der Waals surface area (Å²) in [6.07, 6.45) is -12.3. The van der Waals surface area contributed by atoms with Gasteiger partial charge in [0.1, 0.15) is 0 Å². The van der Waals surface area contributed by atoms with Crippen molar-refractivity contribution in [2.45, 2.75) is 24.7 Å². The molecule has 3 aromatic heterocycles. The zero-order valence-electron chi connectivity index (χ0n) is 32.3. The molecule has 4 aromatic carbocycles. The molecule has 9 rings (SSSR count). The van der Waals surface area contributed by atoms with Gasteiger partial charge >= 0.3 is 24.7 Å². The molecule has 16 heteroatoms. The van der Waals surface area contributed by atoms with Crippen LogP contribution in [-0.4, -0.2) is 19.9 Å². The van der Waals surface area contributed by atoms with Gasteiger partial charge in [0.2, 0.25) is 0 Å². The average Bonchev–Trinajstić information content (AvgIpc) is 4.08. The SMILES string of the molecule is FC(F)(F)c1ccc(-c2c3nc(c(-c4ccc(C(F)(F)F)cc4)c4ccc([nH]4)c(-c4ccc(C(F)(F)F)cc4)c4nc(c(-c5ccc(C(F)(F)F)cc5)c5ccc2[nH]5)C=C4)C=C3)cc1. The Labute approximate surface area is 353 Å². The number of aromatic nitrogens is 4. The van der Waals surface area contributed by atoms with Gasteiger partial charge in [0.05, 0.1) is 45.0 Å². The Kier molecular flexibility index (Phi) is 9.95. The molecule has 2 N–H and O–H groups in total. The lowest BCUT2D eigenvalue weighted by atomic mass is 10.0. The van der Waals surface area contributed by atoms with Crippen LogP contribution in [-0.2, 0) is 24.7 Å². The fourth-order valence-corrected chi connectivity index (χ4v) is 7.72. The van der Waals surface area contributed by atoms with E-state index in [1.807, 2.05) is 0 Å². The second kappa shape index (κ2) is 15.2. The van der Waals surface area contributed by atoms with Crippen LogP contribution in [0.15, 0.2) is 121 Å². The number of nitrogens with zero attached hydrogens (tertiary/aromatic N) is 2. The van der Waals surface area contributed by atoms with Crippen molar-refractivity contribution in [3.63, 3.8) is 0 Å². The maximum atomic E-state index is 13.7. The van der Waals surface area contributed by atoms with Crippen LogP contribution >= 0.6 is 0 Å². The van der Waals surface area contributed by atoms with Crippen LogP contribution in [0.5, 0.6) is 0 Å². The van der Waals surface area contributed by atoms with E-state index in [0.29, 0.717) is 44.3 Å². The number of aromatic amines is 2. The van der Waals surface area contributed by atoms with E-state index in [2.05, 4.69) is 9.97 Å². The maximum Gasteiger partial charge on any atom is 0.416 e. The number of H-pyrrole nitrogens is 2. The summed E-state index contributed by atoms with van der Waals surface area (Å²) in [6.45, 7) is 0. The topological polar surface area (TPSA) is 57.4 Å². The van der Waals surface area contributed by atoms with Gasteiger partial charge in [0.15, 0.2) is 0 Å². The Morgan fingerprint density at radius 1 is 0.266 bits per heavy atom. The molecule has 2 aliphatic rings. The van der Waals surface area contributed by atoms with Gasteiger partial charge in [0, 0.05) is 44.3 Å². The molecule has 0 fully saturated rings. The Bertz CT molecular complexity index is 2740. The van der Waals surface area contributed by atoms with E-state index in [-0.39, 0.29) is 45.0 Å². The second-order valence-electron chi connectivity index (χ2n) is 14.8. The molecule has 2 aliphatic heterocycles. The molecule has 64 heavy (non-hydrogen) atoms. The van der Waals surface area contributed by atoms with Crippen LogP contribution < -0.4 is 0 Å². The van der Waals surface area contributed by atoms with Gasteiger partial charge in [-0.1, -0.05) is 48.5 Å². The molecular formula is C48H26F12N4. The van der Waals surface area contributed by atoms with E-state index in [9.17, 15) is 52.7 Å². The maximum absolute atomic E-state index is 13.7. The third kappa shape index (κ3) is 7.95. The van der Waals surface area contributed by atoms with Crippen LogP contribution in [0.4, 0.5) is 52.7 Å². The summed E-state index contributed by atoms with van der Waals surface area (Å²) in [5.41, 5.74) is 0.862. The molecule has 5 heterocycles. The molecule has 0 saturated heterocycles. The zero-order chi connectivity index (χ0) is 45.3. The van der Waals surface area contributed by atoms with Gasteiger partial charge in [-0.3, -0.25) is 0 Å². The van der Waals surface area contributed by atoms with E-state index >= 15 is 0 Å². The van der Waals surface area contributed by atoms with E-state index < -0.39 is 47.0 Å². The van der Waals surface area contributed by atoms with Crippen molar-refractivity contribution in [1.82, 2.24) is 19.9 Å². The van der Waals surface area contributed by atoms with Gasteiger partial charge in [-0.15, -0.1) is 0 Å². The number of alkyl halides is 12. The molecule has 0 spiro atoms. The van der Waals surface area contributed by atoms with Crippen LogP contribution in [0.1, 0.15) is 45.0 Å². The number of fused-ring (bicyclic) bond motifs is 8. The summed E-state index contributed by atoms with van der Waals surface area (Å²) >= 11 is 0. The van der Waals surface area contributed by atoms with Crippen LogP contribution in [0.2, 0.25) is 0 Å². The summed E-state index contributed by atoms with van der Waals surface area (Å²) in [5.74, 6) is 0. The fraction of sp³-hybridized carbons (Fsp3) is 0.0833. The predicted octanol–water partition coefficient (Wildman–Crippen LogP) is 15.4. The number of hydrogen-bond acceptors (Lipinski definition) is 2. The third-order valence-electron chi connectivity index (χ3n) is 10.8. The largest absolute Gasteiger partial charge is 0.416 e. The van der Waals surface area contributed by atoms with Crippen molar-refractivity contribution in [2.75, 3.05) is 0 Å². The second-order valence-corrected chi connectivity index (χ2v) is 14.8. The highest BCUT2D eigenvalue weighted by Gasteiger charge is 2.33. The summed E-state index contributed by atoms with van der Waals surface area (Å²) in [6, 6.07) is 23.7.